The number of hydrogen-bond donors (Lipinski definition) is 3. The van der Waals surface area contributed by atoms with E-state index in [0.29, 0.717) is 31.1 Å². The number of carbonyl (C=O) groups excluding carboxylic acids is 1. The predicted molar refractivity (Wildman–Crippen MR) is 74.3 cm³/mol. The smallest absolute Gasteiger partial charge is 0.314 e. The Morgan fingerprint density at radius 2 is 2.16 bits per heavy atom. The zero-order valence-electron chi connectivity index (χ0n) is 10.9. The SMILES string of the molecule is COCCNC(=O)NCC[C@H](O)c1cccc(Cl)c1. The first-order valence-corrected chi connectivity index (χ1v) is 6.45. The Hall–Kier alpha value is -1.30. The van der Waals surface area contributed by atoms with Gasteiger partial charge in [-0.25, -0.2) is 4.79 Å². The molecule has 0 spiro atoms. The number of methoxy groups -OCH3 is 1. The van der Waals surface area contributed by atoms with E-state index >= 15 is 0 Å². The fourth-order valence-corrected chi connectivity index (χ4v) is 1.73. The number of ether oxygens (including phenoxy) is 1. The minimum Gasteiger partial charge on any atom is -0.388 e. The molecule has 0 radical (unpaired) electrons. The number of aliphatic hydroxyl groups excluding tert-OH is 1. The van der Waals surface area contributed by atoms with Gasteiger partial charge in [0.2, 0.25) is 0 Å². The van der Waals surface area contributed by atoms with Crippen LogP contribution in [0.4, 0.5) is 4.79 Å². The van der Waals surface area contributed by atoms with Crippen LogP contribution in [0.2, 0.25) is 5.02 Å². The highest BCUT2D eigenvalue weighted by molar-refractivity contribution is 6.30. The fourth-order valence-electron chi connectivity index (χ4n) is 1.53. The molecule has 1 rings (SSSR count). The van der Waals surface area contributed by atoms with Gasteiger partial charge in [-0.05, 0) is 24.1 Å². The van der Waals surface area contributed by atoms with Gasteiger partial charge >= 0.3 is 6.03 Å². The quantitative estimate of drug-likeness (QED) is 0.668. The van der Waals surface area contributed by atoms with Crippen molar-refractivity contribution in [2.75, 3.05) is 26.8 Å². The first kappa shape index (κ1) is 15.8. The van der Waals surface area contributed by atoms with Crippen molar-refractivity contribution in [3.63, 3.8) is 0 Å². The molecule has 2 amide bonds. The van der Waals surface area contributed by atoms with E-state index in [4.69, 9.17) is 16.3 Å². The highest BCUT2D eigenvalue weighted by Gasteiger charge is 2.08. The third-order valence-corrected chi connectivity index (χ3v) is 2.76. The molecule has 1 aromatic carbocycles. The van der Waals surface area contributed by atoms with Crippen LogP contribution in [0.5, 0.6) is 0 Å². The number of urea groups is 1. The second-order valence-electron chi connectivity index (χ2n) is 4.03. The van der Waals surface area contributed by atoms with E-state index in [1.807, 2.05) is 0 Å². The molecule has 6 heteroatoms. The van der Waals surface area contributed by atoms with Crippen molar-refractivity contribution in [1.29, 1.82) is 0 Å². The van der Waals surface area contributed by atoms with Crippen molar-refractivity contribution in [2.45, 2.75) is 12.5 Å². The normalized spacial score (nSPS) is 11.9. The van der Waals surface area contributed by atoms with E-state index in [0.717, 1.165) is 5.56 Å². The molecule has 0 aliphatic rings. The maximum atomic E-state index is 11.3. The van der Waals surface area contributed by atoms with Gasteiger partial charge in [-0.2, -0.15) is 0 Å². The van der Waals surface area contributed by atoms with Gasteiger partial charge in [-0.3, -0.25) is 0 Å². The van der Waals surface area contributed by atoms with Crippen LogP contribution in [0.25, 0.3) is 0 Å². The summed E-state index contributed by atoms with van der Waals surface area (Å²) in [6, 6.07) is 6.78. The van der Waals surface area contributed by atoms with Crippen LogP contribution < -0.4 is 10.6 Å². The van der Waals surface area contributed by atoms with Crippen molar-refractivity contribution in [3.05, 3.63) is 34.9 Å². The molecule has 0 fully saturated rings. The number of carbonyl (C=O) groups is 1. The number of amides is 2. The monoisotopic (exact) mass is 286 g/mol. The summed E-state index contributed by atoms with van der Waals surface area (Å²) in [5.41, 5.74) is 0.745. The predicted octanol–water partition coefficient (Wildman–Crippen LogP) is 1.71. The van der Waals surface area contributed by atoms with Crippen LogP contribution in [0.1, 0.15) is 18.1 Å². The van der Waals surface area contributed by atoms with Gasteiger partial charge in [0.05, 0.1) is 12.7 Å². The van der Waals surface area contributed by atoms with Gasteiger partial charge in [0, 0.05) is 25.2 Å². The van der Waals surface area contributed by atoms with E-state index < -0.39 is 6.10 Å². The Balaban J connectivity index is 2.23. The van der Waals surface area contributed by atoms with Gasteiger partial charge in [-0.15, -0.1) is 0 Å². The lowest BCUT2D eigenvalue weighted by Crippen LogP contribution is -2.38. The van der Waals surface area contributed by atoms with Gasteiger partial charge in [0.15, 0.2) is 0 Å². The maximum Gasteiger partial charge on any atom is 0.314 e. The van der Waals surface area contributed by atoms with Crippen LogP contribution in [0.3, 0.4) is 0 Å². The standard InChI is InChI=1S/C13H19ClN2O3/c1-19-8-7-16-13(18)15-6-5-12(17)10-3-2-4-11(14)9-10/h2-4,9,12,17H,5-8H2,1H3,(H2,15,16,18)/t12-/m0/s1. The first-order valence-electron chi connectivity index (χ1n) is 6.07. The van der Waals surface area contributed by atoms with E-state index in [9.17, 15) is 9.90 Å². The summed E-state index contributed by atoms with van der Waals surface area (Å²) < 4.78 is 4.81. The summed E-state index contributed by atoms with van der Waals surface area (Å²) in [6.45, 7) is 1.31. The van der Waals surface area contributed by atoms with Crippen LogP contribution in [0, 0.1) is 0 Å². The van der Waals surface area contributed by atoms with Gasteiger partial charge < -0.3 is 20.5 Å². The van der Waals surface area contributed by atoms with Crippen molar-refractivity contribution < 1.29 is 14.6 Å². The number of aliphatic hydroxyl groups is 1. The van der Waals surface area contributed by atoms with Crippen molar-refractivity contribution in [1.82, 2.24) is 10.6 Å². The van der Waals surface area contributed by atoms with Crippen LogP contribution in [-0.2, 0) is 4.74 Å². The molecule has 1 atom stereocenters. The first-order chi connectivity index (χ1) is 9.13. The highest BCUT2D eigenvalue weighted by Crippen LogP contribution is 2.19. The number of nitrogens with one attached hydrogen (secondary N) is 2. The van der Waals surface area contributed by atoms with Gasteiger partial charge in [0.1, 0.15) is 0 Å². The lowest BCUT2D eigenvalue weighted by Gasteiger charge is -2.12. The Labute approximate surface area is 117 Å². The molecule has 0 aliphatic carbocycles. The summed E-state index contributed by atoms with van der Waals surface area (Å²) in [7, 11) is 1.57. The molecule has 0 heterocycles. The summed E-state index contributed by atoms with van der Waals surface area (Å²) in [5, 5.41) is 15.8. The Morgan fingerprint density at radius 3 is 2.84 bits per heavy atom. The molecule has 3 N–H and O–H groups in total. The molecule has 106 valence electrons. The Morgan fingerprint density at radius 1 is 1.42 bits per heavy atom. The van der Waals surface area contributed by atoms with Crippen LogP contribution in [0.15, 0.2) is 24.3 Å². The molecule has 0 bridgehead atoms. The molecule has 0 aliphatic heterocycles. The molecule has 0 saturated heterocycles. The molecule has 1 aromatic rings. The zero-order valence-corrected chi connectivity index (χ0v) is 11.6. The average molecular weight is 287 g/mol. The largest absolute Gasteiger partial charge is 0.388 e. The molecule has 0 unspecified atom stereocenters. The summed E-state index contributed by atoms with van der Waals surface area (Å²) in [6.07, 6.45) is -0.212. The van der Waals surface area contributed by atoms with Crippen molar-refractivity contribution >= 4 is 17.6 Å². The second kappa shape index (κ2) is 8.74. The van der Waals surface area contributed by atoms with Crippen LogP contribution in [-0.4, -0.2) is 37.9 Å². The minimum absolute atomic E-state index is 0.268. The van der Waals surface area contributed by atoms with E-state index in [1.165, 1.54) is 0 Å². The van der Waals surface area contributed by atoms with Crippen molar-refractivity contribution in [3.8, 4) is 0 Å². The third-order valence-electron chi connectivity index (χ3n) is 2.53. The minimum atomic E-state index is -0.641. The number of benzene rings is 1. The lowest BCUT2D eigenvalue weighted by molar-refractivity contribution is 0.166. The summed E-state index contributed by atoms with van der Waals surface area (Å²) >= 11 is 5.84. The zero-order chi connectivity index (χ0) is 14.1. The molecule has 5 nitrogen and oxygen atoms in total. The summed E-state index contributed by atoms with van der Waals surface area (Å²) in [5.74, 6) is 0. The number of halogens is 1. The molecule has 19 heavy (non-hydrogen) atoms. The summed E-state index contributed by atoms with van der Waals surface area (Å²) in [4.78, 5) is 11.3. The lowest BCUT2D eigenvalue weighted by atomic mass is 10.1. The topological polar surface area (TPSA) is 70.6 Å². The second-order valence-corrected chi connectivity index (χ2v) is 4.47. The molecular weight excluding hydrogens is 268 g/mol. The average Bonchev–Trinajstić information content (AvgIpc) is 2.39. The fraction of sp³-hybridized carbons (Fsp3) is 0.462. The Bertz CT molecular complexity index is 401. The van der Waals surface area contributed by atoms with Gasteiger partial charge in [0.25, 0.3) is 0 Å². The van der Waals surface area contributed by atoms with E-state index in [-0.39, 0.29) is 6.03 Å². The van der Waals surface area contributed by atoms with Crippen molar-refractivity contribution in [2.24, 2.45) is 0 Å². The molecule has 0 aromatic heterocycles. The van der Waals surface area contributed by atoms with Gasteiger partial charge in [-0.1, -0.05) is 23.7 Å². The third kappa shape index (κ3) is 6.42. The molecular formula is C13H19ClN2O3. The van der Waals surface area contributed by atoms with Crippen LogP contribution >= 0.6 is 11.6 Å². The number of rotatable bonds is 7. The molecule has 0 saturated carbocycles. The van der Waals surface area contributed by atoms with E-state index in [2.05, 4.69) is 10.6 Å². The van der Waals surface area contributed by atoms with E-state index in [1.54, 1.807) is 31.4 Å². The maximum absolute atomic E-state index is 11.3. The highest BCUT2D eigenvalue weighted by atomic mass is 35.5. The number of hydrogen-bond acceptors (Lipinski definition) is 3. The Kier molecular flexibility index (Phi) is 7.25.